The van der Waals surface area contributed by atoms with Crippen molar-refractivity contribution in [3.63, 3.8) is 0 Å². The van der Waals surface area contributed by atoms with Gasteiger partial charge in [0.2, 0.25) is 0 Å². The molecule has 17 heavy (non-hydrogen) atoms. The third kappa shape index (κ3) is 3.79. The van der Waals surface area contributed by atoms with Crippen LogP contribution in [-0.4, -0.2) is 23.4 Å². The number of amides is 1. The minimum Gasteiger partial charge on any atom is -0.348 e. The standard InChI is InChI=1S/C10H15N3O3S/c1-2-3-8(5-11)12-10(14)7-4-9(13(15)16)17-6-7/h4,6,8H,2-3,5,11H2,1H3,(H,12,14). The number of carbonyl (C=O) groups is 1. The van der Waals surface area contributed by atoms with Gasteiger partial charge in [0.15, 0.2) is 0 Å². The van der Waals surface area contributed by atoms with Gasteiger partial charge in [-0.25, -0.2) is 0 Å². The van der Waals surface area contributed by atoms with Crippen LogP contribution in [0.3, 0.4) is 0 Å². The first-order valence-corrected chi connectivity index (χ1v) is 6.20. The molecule has 1 aromatic heterocycles. The minimum atomic E-state index is -0.506. The Hall–Kier alpha value is -1.47. The van der Waals surface area contributed by atoms with Gasteiger partial charge in [-0.2, -0.15) is 0 Å². The van der Waals surface area contributed by atoms with Crippen molar-refractivity contribution in [2.24, 2.45) is 5.73 Å². The predicted molar refractivity (Wildman–Crippen MR) is 66.2 cm³/mol. The zero-order chi connectivity index (χ0) is 12.8. The van der Waals surface area contributed by atoms with E-state index in [9.17, 15) is 14.9 Å². The van der Waals surface area contributed by atoms with Crippen LogP contribution in [0.15, 0.2) is 11.4 Å². The predicted octanol–water partition coefficient (Wildman–Crippen LogP) is 1.51. The van der Waals surface area contributed by atoms with Crippen LogP contribution in [0.1, 0.15) is 30.1 Å². The van der Waals surface area contributed by atoms with Crippen molar-refractivity contribution in [3.8, 4) is 0 Å². The molecule has 1 rings (SSSR count). The number of nitro groups is 1. The van der Waals surface area contributed by atoms with E-state index in [0.29, 0.717) is 12.1 Å². The second kappa shape index (κ2) is 6.31. The highest BCUT2D eigenvalue weighted by Crippen LogP contribution is 2.22. The molecule has 0 aromatic carbocycles. The zero-order valence-corrected chi connectivity index (χ0v) is 10.3. The fraction of sp³-hybridized carbons (Fsp3) is 0.500. The molecule has 0 aliphatic heterocycles. The molecule has 1 aromatic rings. The molecule has 0 fully saturated rings. The van der Waals surface area contributed by atoms with E-state index >= 15 is 0 Å². The number of hydrogen-bond donors (Lipinski definition) is 2. The number of hydrogen-bond acceptors (Lipinski definition) is 5. The van der Waals surface area contributed by atoms with E-state index < -0.39 is 4.92 Å². The van der Waals surface area contributed by atoms with Gasteiger partial charge in [-0.15, -0.1) is 0 Å². The van der Waals surface area contributed by atoms with Crippen molar-refractivity contribution in [2.75, 3.05) is 6.54 Å². The summed E-state index contributed by atoms with van der Waals surface area (Å²) in [6.07, 6.45) is 1.72. The molecule has 7 heteroatoms. The molecule has 6 nitrogen and oxygen atoms in total. The number of rotatable bonds is 6. The molecule has 0 radical (unpaired) electrons. The summed E-state index contributed by atoms with van der Waals surface area (Å²) in [6, 6.07) is 1.20. The van der Waals surface area contributed by atoms with Gasteiger partial charge in [0, 0.05) is 24.0 Å². The third-order valence-electron chi connectivity index (χ3n) is 2.28. The topological polar surface area (TPSA) is 98.3 Å². The van der Waals surface area contributed by atoms with Crippen molar-refractivity contribution in [1.29, 1.82) is 0 Å². The van der Waals surface area contributed by atoms with Crippen LogP contribution >= 0.6 is 11.3 Å². The van der Waals surface area contributed by atoms with E-state index in [2.05, 4.69) is 5.32 Å². The molecule has 0 spiro atoms. The summed E-state index contributed by atoms with van der Waals surface area (Å²) < 4.78 is 0. The molecule has 0 saturated heterocycles. The summed E-state index contributed by atoms with van der Waals surface area (Å²) in [4.78, 5) is 21.7. The highest BCUT2D eigenvalue weighted by atomic mass is 32.1. The Morgan fingerprint density at radius 2 is 2.41 bits per heavy atom. The molecule has 1 amide bonds. The summed E-state index contributed by atoms with van der Waals surface area (Å²) in [6.45, 7) is 2.37. The van der Waals surface area contributed by atoms with Gasteiger partial charge in [0.1, 0.15) is 0 Å². The smallest absolute Gasteiger partial charge is 0.324 e. The lowest BCUT2D eigenvalue weighted by Gasteiger charge is -2.14. The Balaban J connectivity index is 2.65. The monoisotopic (exact) mass is 257 g/mol. The van der Waals surface area contributed by atoms with Gasteiger partial charge in [0.25, 0.3) is 5.91 Å². The van der Waals surface area contributed by atoms with Gasteiger partial charge in [0.05, 0.1) is 10.5 Å². The van der Waals surface area contributed by atoms with Crippen LogP contribution in [0, 0.1) is 10.1 Å². The Morgan fingerprint density at radius 3 is 2.88 bits per heavy atom. The largest absolute Gasteiger partial charge is 0.348 e. The Labute approximate surface area is 103 Å². The second-order valence-electron chi connectivity index (χ2n) is 3.63. The molecule has 94 valence electrons. The van der Waals surface area contributed by atoms with Gasteiger partial charge in [-0.3, -0.25) is 14.9 Å². The van der Waals surface area contributed by atoms with Crippen molar-refractivity contribution in [1.82, 2.24) is 5.32 Å². The van der Waals surface area contributed by atoms with E-state index in [4.69, 9.17) is 5.73 Å². The quantitative estimate of drug-likeness (QED) is 0.596. The van der Waals surface area contributed by atoms with E-state index in [1.54, 1.807) is 0 Å². The number of carbonyl (C=O) groups excluding carboxylic acids is 1. The number of nitrogens with zero attached hydrogens (tertiary/aromatic N) is 1. The number of nitrogens with two attached hydrogens (primary N) is 1. The minimum absolute atomic E-state index is 0.0325. The van der Waals surface area contributed by atoms with Crippen LogP contribution in [0.25, 0.3) is 0 Å². The first kappa shape index (κ1) is 13.6. The molecule has 1 atom stereocenters. The first-order chi connectivity index (χ1) is 8.08. The molecule has 0 aliphatic carbocycles. The second-order valence-corrected chi connectivity index (χ2v) is 4.52. The molecular weight excluding hydrogens is 242 g/mol. The fourth-order valence-electron chi connectivity index (χ4n) is 1.41. The Bertz CT molecular complexity index is 405. The summed E-state index contributed by atoms with van der Waals surface area (Å²) in [5.74, 6) is -0.307. The Kier molecular flexibility index (Phi) is 5.05. The van der Waals surface area contributed by atoms with Crippen molar-refractivity contribution in [2.45, 2.75) is 25.8 Å². The molecule has 0 aliphatic rings. The highest BCUT2D eigenvalue weighted by Gasteiger charge is 2.17. The van der Waals surface area contributed by atoms with Crippen molar-refractivity contribution < 1.29 is 9.72 Å². The summed E-state index contributed by atoms with van der Waals surface area (Å²) in [5.41, 5.74) is 5.83. The van der Waals surface area contributed by atoms with Gasteiger partial charge >= 0.3 is 5.00 Å². The van der Waals surface area contributed by atoms with Crippen molar-refractivity contribution in [3.05, 3.63) is 27.1 Å². The van der Waals surface area contributed by atoms with Crippen LogP contribution in [0.4, 0.5) is 5.00 Å². The molecule has 3 N–H and O–H groups in total. The maximum atomic E-state index is 11.7. The van der Waals surface area contributed by atoms with Gasteiger partial charge in [-0.1, -0.05) is 24.7 Å². The SMILES string of the molecule is CCCC(CN)NC(=O)c1csc([N+](=O)[O-])c1. The summed E-state index contributed by atoms with van der Waals surface area (Å²) in [5, 5.41) is 14.7. The van der Waals surface area contributed by atoms with Crippen LogP contribution in [0.5, 0.6) is 0 Å². The summed E-state index contributed by atoms with van der Waals surface area (Å²) >= 11 is 0.943. The summed E-state index contributed by atoms with van der Waals surface area (Å²) in [7, 11) is 0. The molecule has 0 saturated carbocycles. The molecule has 1 unspecified atom stereocenters. The van der Waals surface area contributed by atoms with E-state index in [0.717, 1.165) is 24.2 Å². The lowest BCUT2D eigenvalue weighted by Crippen LogP contribution is -2.39. The highest BCUT2D eigenvalue weighted by molar-refractivity contribution is 7.13. The molecule has 1 heterocycles. The zero-order valence-electron chi connectivity index (χ0n) is 9.51. The van der Waals surface area contributed by atoms with Crippen LogP contribution in [-0.2, 0) is 0 Å². The van der Waals surface area contributed by atoms with Gasteiger partial charge < -0.3 is 11.1 Å². The van der Waals surface area contributed by atoms with Gasteiger partial charge in [-0.05, 0) is 6.42 Å². The maximum absolute atomic E-state index is 11.7. The van der Waals surface area contributed by atoms with E-state index in [-0.39, 0.29) is 17.0 Å². The van der Waals surface area contributed by atoms with Crippen molar-refractivity contribution >= 4 is 22.2 Å². The average Bonchev–Trinajstić information content (AvgIpc) is 2.77. The van der Waals surface area contributed by atoms with E-state index in [1.807, 2.05) is 6.92 Å². The molecular formula is C10H15N3O3S. The van der Waals surface area contributed by atoms with Crippen LogP contribution < -0.4 is 11.1 Å². The maximum Gasteiger partial charge on any atom is 0.324 e. The number of thiophene rings is 1. The lowest BCUT2D eigenvalue weighted by molar-refractivity contribution is -0.380. The number of nitrogens with one attached hydrogen (secondary N) is 1. The Morgan fingerprint density at radius 1 is 1.71 bits per heavy atom. The molecule has 0 bridgehead atoms. The average molecular weight is 257 g/mol. The fourth-order valence-corrected chi connectivity index (χ4v) is 2.11. The normalized spacial score (nSPS) is 12.1. The third-order valence-corrected chi connectivity index (χ3v) is 3.16. The lowest BCUT2D eigenvalue weighted by atomic mass is 10.1. The van der Waals surface area contributed by atoms with E-state index in [1.165, 1.54) is 11.4 Å². The first-order valence-electron chi connectivity index (χ1n) is 5.32. The van der Waals surface area contributed by atoms with Crippen LogP contribution in [0.2, 0.25) is 0 Å².